The van der Waals surface area contributed by atoms with E-state index in [4.69, 9.17) is 5.14 Å². The summed E-state index contributed by atoms with van der Waals surface area (Å²) in [7, 11) is -7.81. The Morgan fingerprint density at radius 1 is 0.885 bits per heavy atom. The second-order valence-corrected chi connectivity index (χ2v) is 10.0. The highest BCUT2D eigenvalue weighted by Crippen LogP contribution is 2.40. The van der Waals surface area contributed by atoms with E-state index in [1.807, 2.05) is 30.3 Å². The first kappa shape index (κ1) is 19.0. The van der Waals surface area contributed by atoms with Gasteiger partial charge in [0, 0.05) is 12.0 Å². The molecule has 0 heterocycles. The summed E-state index contributed by atoms with van der Waals surface area (Å²) >= 11 is 0. The molecule has 0 unspecified atom stereocenters. The van der Waals surface area contributed by atoms with Gasteiger partial charge in [0.25, 0.3) is 0 Å². The van der Waals surface area contributed by atoms with E-state index in [9.17, 15) is 16.8 Å². The minimum absolute atomic E-state index is 0.106. The molecule has 26 heavy (non-hydrogen) atoms. The number of rotatable bonds is 6. The summed E-state index contributed by atoms with van der Waals surface area (Å²) in [6, 6.07) is 15.0. The molecule has 1 saturated carbocycles. The molecule has 3 rings (SSSR count). The SMILES string of the molecule is NS(=O)(=O)c1cccc(S(=O)(=O)NCC2(c3ccccc3)CCCC2)c1. The van der Waals surface area contributed by atoms with Crippen LogP contribution in [0.1, 0.15) is 31.2 Å². The lowest BCUT2D eigenvalue weighted by Gasteiger charge is -2.30. The third-order valence-corrected chi connectivity index (χ3v) is 7.30. The molecule has 0 spiro atoms. The summed E-state index contributed by atoms with van der Waals surface area (Å²) in [4.78, 5) is -0.329. The lowest BCUT2D eigenvalue weighted by molar-refractivity contribution is 0.432. The Kier molecular flexibility index (Phi) is 5.21. The number of nitrogens with two attached hydrogens (primary N) is 1. The number of benzene rings is 2. The van der Waals surface area contributed by atoms with Crippen LogP contribution in [0.2, 0.25) is 0 Å². The largest absolute Gasteiger partial charge is 0.240 e. The Bertz CT molecular complexity index is 981. The summed E-state index contributed by atoms with van der Waals surface area (Å²) in [5.74, 6) is 0. The molecule has 8 heteroatoms. The zero-order chi connectivity index (χ0) is 18.8. The summed E-state index contributed by atoms with van der Waals surface area (Å²) in [5.41, 5.74) is 0.893. The Labute approximate surface area is 154 Å². The average Bonchev–Trinajstić information content (AvgIpc) is 3.11. The molecule has 0 radical (unpaired) electrons. The average molecular weight is 395 g/mol. The predicted molar refractivity (Wildman–Crippen MR) is 99.6 cm³/mol. The normalized spacial score (nSPS) is 17.3. The van der Waals surface area contributed by atoms with E-state index in [-0.39, 0.29) is 21.8 Å². The topological polar surface area (TPSA) is 106 Å². The Balaban J connectivity index is 1.86. The fourth-order valence-electron chi connectivity index (χ4n) is 3.55. The minimum atomic E-state index is -3.96. The van der Waals surface area contributed by atoms with Crippen molar-refractivity contribution in [3.8, 4) is 0 Å². The molecule has 2 aromatic rings. The molecule has 1 fully saturated rings. The van der Waals surface area contributed by atoms with E-state index in [2.05, 4.69) is 4.72 Å². The van der Waals surface area contributed by atoms with Gasteiger partial charge < -0.3 is 0 Å². The van der Waals surface area contributed by atoms with Gasteiger partial charge in [-0.1, -0.05) is 49.2 Å². The van der Waals surface area contributed by atoms with Crippen molar-refractivity contribution in [3.63, 3.8) is 0 Å². The highest BCUT2D eigenvalue weighted by atomic mass is 32.2. The number of primary sulfonamides is 1. The van der Waals surface area contributed by atoms with Gasteiger partial charge in [0.2, 0.25) is 20.0 Å². The molecule has 2 aromatic carbocycles. The van der Waals surface area contributed by atoms with Crippen molar-refractivity contribution in [1.82, 2.24) is 4.72 Å². The molecule has 0 aromatic heterocycles. The predicted octanol–water partition coefficient (Wildman–Crippen LogP) is 2.12. The first-order chi connectivity index (χ1) is 12.2. The number of hydrogen-bond acceptors (Lipinski definition) is 4. The van der Waals surface area contributed by atoms with Gasteiger partial charge in [0.15, 0.2) is 0 Å². The highest BCUT2D eigenvalue weighted by molar-refractivity contribution is 7.90. The second kappa shape index (κ2) is 7.11. The van der Waals surface area contributed by atoms with Crippen molar-refractivity contribution in [3.05, 3.63) is 60.2 Å². The van der Waals surface area contributed by atoms with Crippen LogP contribution in [0.15, 0.2) is 64.4 Å². The fourth-order valence-corrected chi connectivity index (χ4v) is 5.35. The summed E-state index contributed by atoms with van der Waals surface area (Å²) in [6.45, 7) is 0.277. The molecule has 3 N–H and O–H groups in total. The monoisotopic (exact) mass is 394 g/mol. The Morgan fingerprint density at radius 3 is 2.12 bits per heavy atom. The molecule has 0 atom stereocenters. The van der Waals surface area contributed by atoms with Gasteiger partial charge in [0.05, 0.1) is 9.79 Å². The third kappa shape index (κ3) is 3.98. The molecule has 140 valence electrons. The van der Waals surface area contributed by atoms with Gasteiger partial charge in [-0.25, -0.2) is 26.7 Å². The van der Waals surface area contributed by atoms with E-state index in [0.29, 0.717) is 0 Å². The molecule has 0 amide bonds. The molecular weight excluding hydrogens is 372 g/mol. The Hall–Kier alpha value is -1.74. The standard InChI is InChI=1S/C18H22N2O4S2/c19-25(21,22)16-9-6-10-17(13-16)26(23,24)20-14-18(11-4-5-12-18)15-7-2-1-3-8-15/h1-3,6-10,13,20H,4-5,11-12,14H2,(H2,19,21,22). The molecule has 0 bridgehead atoms. The van der Waals surface area contributed by atoms with Crippen molar-refractivity contribution < 1.29 is 16.8 Å². The zero-order valence-electron chi connectivity index (χ0n) is 14.3. The molecule has 6 nitrogen and oxygen atoms in total. The lowest BCUT2D eigenvalue weighted by atomic mass is 9.79. The van der Waals surface area contributed by atoms with Gasteiger partial charge in [-0.05, 0) is 36.6 Å². The van der Waals surface area contributed by atoms with Crippen molar-refractivity contribution >= 4 is 20.0 Å². The van der Waals surface area contributed by atoms with Crippen molar-refractivity contribution in [2.45, 2.75) is 40.9 Å². The maximum atomic E-state index is 12.7. The van der Waals surface area contributed by atoms with Crippen molar-refractivity contribution in [2.75, 3.05) is 6.54 Å². The van der Waals surface area contributed by atoms with Crippen LogP contribution in [0.4, 0.5) is 0 Å². The van der Waals surface area contributed by atoms with Crippen molar-refractivity contribution in [1.29, 1.82) is 0 Å². The van der Waals surface area contributed by atoms with Gasteiger partial charge in [-0.15, -0.1) is 0 Å². The van der Waals surface area contributed by atoms with Crippen LogP contribution in [0.25, 0.3) is 0 Å². The molecule has 1 aliphatic carbocycles. The molecule has 0 aliphatic heterocycles. The maximum Gasteiger partial charge on any atom is 0.240 e. The first-order valence-corrected chi connectivity index (χ1v) is 11.4. The highest BCUT2D eigenvalue weighted by Gasteiger charge is 2.36. The summed E-state index contributed by atoms with van der Waals surface area (Å²) in [5, 5.41) is 5.10. The van der Waals surface area contributed by atoms with E-state index in [1.54, 1.807) is 0 Å². The van der Waals surface area contributed by atoms with Crippen LogP contribution in [0.5, 0.6) is 0 Å². The van der Waals surface area contributed by atoms with E-state index in [0.717, 1.165) is 37.3 Å². The van der Waals surface area contributed by atoms with Crippen LogP contribution in [0, 0.1) is 0 Å². The van der Waals surface area contributed by atoms with Gasteiger partial charge in [-0.2, -0.15) is 0 Å². The lowest BCUT2D eigenvalue weighted by Crippen LogP contribution is -2.39. The fraction of sp³-hybridized carbons (Fsp3) is 0.333. The smallest absolute Gasteiger partial charge is 0.225 e. The number of sulfonamides is 2. The quantitative estimate of drug-likeness (QED) is 0.782. The van der Waals surface area contributed by atoms with Crippen LogP contribution < -0.4 is 9.86 Å². The summed E-state index contributed by atoms with van der Waals surface area (Å²) in [6.07, 6.45) is 3.93. The van der Waals surface area contributed by atoms with E-state index >= 15 is 0 Å². The molecule has 1 aliphatic rings. The summed E-state index contributed by atoms with van der Waals surface area (Å²) < 4.78 is 51.0. The second-order valence-electron chi connectivity index (χ2n) is 6.70. The minimum Gasteiger partial charge on any atom is -0.225 e. The van der Waals surface area contributed by atoms with Gasteiger partial charge in [-0.3, -0.25) is 0 Å². The number of hydrogen-bond donors (Lipinski definition) is 2. The van der Waals surface area contributed by atoms with E-state index in [1.165, 1.54) is 18.2 Å². The van der Waals surface area contributed by atoms with Crippen molar-refractivity contribution in [2.24, 2.45) is 5.14 Å². The van der Waals surface area contributed by atoms with E-state index < -0.39 is 20.0 Å². The zero-order valence-corrected chi connectivity index (χ0v) is 15.9. The molecule has 0 saturated heterocycles. The van der Waals surface area contributed by atoms with Gasteiger partial charge in [0.1, 0.15) is 0 Å². The van der Waals surface area contributed by atoms with Crippen LogP contribution >= 0.6 is 0 Å². The number of nitrogens with one attached hydrogen (secondary N) is 1. The first-order valence-electron chi connectivity index (χ1n) is 8.41. The molecular formula is C18H22N2O4S2. The third-order valence-electron chi connectivity index (χ3n) is 4.99. The van der Waals surface area contributed by atoms with Crippen LogP contribution in [-0.4, -0.2) is 23.4 Å². The maximum absolute atomic E-state index is 12.7. The Morgan fingerprint density at radius 2 is 1.50 bits per heavy atom. The van der Waals surface area contributed by atoms with Crippen LogP contribution in [0.3, 0.4) is 0 Å². The van der Waals surface area contributed by atoms with Gasteiger partial charge >= 0.3 is 0 Å². The van der Waals surface area contributed by atoms with Crippen LogP contribution in [-0.2, 0) is 25.5 Å².